The lowest BCUT2D eigenvalue weighted by atomic mass is 10.1. The van der Waals surface area contributed by atoms with Gasteiger partial charge in [0.15, 0.2) is 0 Å². The Labute approximate surface area is 103 Å². The number of aromatic carboxylic acids is 1. The summed E-state index contributed by atoms with van der Waals surface area (Å²) in [4.78, 5) is 11.9. The van der Waals surface area contributed by atoms with E-state index in [0.717, 1.165) is 16.8 Å². The molecule has 0 unspecified atom stereocenters. The Bertz CT molecular complexity index is 579. The molecule has 0 bridgehead atoms. The second-order valence-corrected chi connectivity index (χ2v) is 3.57. The predicted molar refractivity (Wildman–Crippen MR) is 62.0 cm³/mol. The third-order valence-corrected chi connectivity index (χ3v) is 2.47. The predicted octanol–water partition coefficient (Wildman–Crippen LogP) is 0.931. The van der Waals surface area contributed by atoms with Gasteiger partial charge in [-0.15, -0.1) is 15.0 Å². The Balaban J connectivity index is 2.50. The maximum atomic E-state index is 10.7. The van der Waals surface area contributed by atoms with Gasteiger partial charge in [0.1, 0.15) is 11.4 Å². The first kappa shape index (κ1) is 12.0. The van der Waals surface area contributed by atoms with Gasteiger partial charge in [-0.25, -0.2) is 4.79 Å². The van der Waals surface area contributed by atoms with Gasteiger partial charge in [-0.1, -0.05) is 13.0 Å². The topological polar surface area (TPSA) is 90.1 Å². The molecule has 1 N–H and O–H groups in total. The first-order valence-electron chi connectivity index (χ1n) is 5.36. The Hall–Kier alpha value is -2.44. The molecule has 0 spiro atoms. The third kappa shape index (κ3) is 2.15. The van der Waals surface area contributed by atoms with E-state index in [1.807, 2.05) is 19.1 Å². The van der Waals surface area contributed by atoms with Crippen molar-refractivity contribution in [3.05, 3.63) is 29.6 Å². The molecule has 0 fully saturated rings. The lowest BCUT2D eigenvalue weighted by Crippen LogP contribution is -2.04. The van der Waals surface area contributed by atoms with Gasteiger partial charge in [-0.3, -0.25) is 0 Å². The minimum Gasteiger partial charge on any atom is -0.494 e. The monoisotopic (exact) mass is 248 g/mol. The number of carbonyl (C=O) groups is 1. The molecule has 7 nitrogen and oxygen atoms in total. The molecule has 1 aromatic carbocycles. The number of nitrogens with zero attached hydrogens (tertiary/aromatic N) is 4. The van der Waals surface area contributed by atoms with E-state index < -0.39 is 5.97 Å². The van der Waals surface area contributed by atoms with Crippen LogP contribution in [0.2, 0.25) is 0 Å². The number of rotatable bonds is 4. The first-order valence-corrected chi connectivity index (χ1v) is 5.36. The van der Waals surface area contributed by atoms with Crippen molar-refractivity contribution in [2.75, 3.05) is 7.11 Å². The van der Waals surface area contributed by atoms with E-state index in [9.17, 15) is 4.79 Å². The molecule has 0 aliphatic rings. The highest BCUT2D eigenvalue weighted by Crippen LogP contribution is 2.22. The zero-order chi connectivity index (χ0) is 13.1. The summed E-state index contributed by atoms with van der Waals surface area (Å²) in [7, 11) is 1.53. The molecule has 0 saturated carbocycles. The molecule has 0 aliphatic heterocycles. The van der Waals surface area contributed by atoms with E-state index in [1.54, 1.807) is 6.07 Å². The quantitative estimate of drug-likeness (QED) is 0.865. The number of ether oxygens (including phenoxy) is 1. The number of methoxy groups -OCH3 is 1. The molecule has 1 aromatic heterocycles. The van der Waals surface area contributed by atoms with E-state index in [2.05, 4.69) is 15.4 Å². The molecule has 2 aromatic rings. The van der Waals surface area contributed by atoms with Crippen LogP contribution in [0.1, 0.15) is 23.1 Å². The van der Waals surface area contributed by atoms with E-state index in [1.165, 1.54) is 7.11 Å². The lowest BCUT2D eigenvalue weighted by Gasteiger charge is -2.08. The van der Waals surface area contributed by atoms with Crippen molar-refractivity contribution < 1.29 is 14.6 Å². The minimum absolute atomic E-state index is 0.348. The van der Waals surface area contributed by atoms with Gasteiger partial charge < -0.3 is 9.84 Å². The zero-order valence-electron chi connectivity index (χ0n) is 9.99. The van der Waals surface area contributed by atoms with Crippen molar-refractivity contribution in [1.82, 2.24) is 20.2 Å². The summed E-state index contributed by atoms with van der Waals surface area (Å²) in [5.74, 6) is -1.01. The molecular formula is C11H12N4O3. The van der Waals surface area contributed by atoms with Crippen LogP contribution in [0.4, 0.5) is 0 Å². The Morgan fingerprint density at radius 2 is 2.28 bits per heavy atom. The molecule has 0 amide bonds. The van der Waals surface area contributed by atoms with Crippen LogP contribution in [0.15, 0.2) is 18.2 Å². The van der Waals surface area contributed by atoms with Crippen molar-refractivity contribution in [3.8, 4) is 11.4 Å². The van der Waals surface area contributed by atoms with E-state index >= 15 is 0 Å². The van der Waals surface area contributed by atoms with Crippen LogP contribution in [0.25, 0.3) is 5.69 Å². The van der Waals surface area contributed by atoms with E-state index in [4.69, 9.17) is 9.84 Å². The van der Waals surface area contributed by atoms with Gasteiger partial charge in [-0.05, 0) is 29.3 Å². The molecule has 0 saturated heterocycles. The van der Waals surface area contributed by atoms with Gasteiger partial charge in [0.05, 0.1) is 7.11 Å². The van der Waals surface area contributed by atoms with Gasteiger partial charge in [0.2, 0.25) is 0 Å². The van der Waals surface area contributed by atoms with Crippen LogP contribution in [0, 0.1) is 0 Å². The number of carboxylic acid groups (broad SMARTS) is 1. The first-order chi connectivity index (χ1) is 8.65. The highest BCUT2D eigenvalue weighted by molar-refractivity contribution is 5.82. The summed E-state index contributed by atoms with van der Waals surface area (Å²) in [6.07, 6.45) is 0.845. The summed E-state index contributed by atoms with van der Waals surface area (Å²) in [6, 6.07) is 5.56. The summed E-state index contributed by atoms with van der Waals surface area (Å²) in [6.45, 7) is 2.02. The van der Waals surface area contributed by atoms with Crippen LogP contribution >= 0.6 is 0 Å². The number of hydrogen-bond acceptors (Lipinski definition) is 5. The van der Waals surface area contributed by atoms with Crippen molar-refractivity contribution in [2.45, 2.75) is 13.3 Å². The second kappa shape index (κ2) is 4.82. The summed E-state index contributed by atoms with van der Waals surface area (Å²) >= 11 is 0. The number of aromatic nitrogens is 4. The molecule has 1 heterocycles. The van der Waals surface area contributed by atoms with Crippen molar-refractivity contribution in [3.63, 3.8) is 0 Å². The molecule has 7 heteroatoms. The van der Waals surface area contributed by atoms with E-state index in [0.29, 0.717) is 11.4 Å². The molecule has 0 aliphatic carbocycles. The number of hydrogen-bond donors (Lipinski definition) is 1. The van der Waals surface area contributed by atoms with Crippen molar-refractivity contribution >= 4 is 5.97 Å². The molecular weight excluding hydrogens is 236 g/mol. The fourth-order valence-corrected chi connectivity index (χ4v) is 1.51. The average molecular weight is 248 g/mol. The van der Waals surface area contributed by atoms with Crippen LogP contribution in [0.5, 0.6) is 5.75 Å². The van der Waals surface area contributed by atoms with Crippen LogP contribution in [0.3, 0.4) is 0 Å². The number of tetrazole rings is 1. The Kier molecular flexibility index (Phi) is 3.22. The fourth-order valence-electron chi connectivity index (χ4n) is 1.51. The molecule has 2 rings (SSSR count). The summed E-state index contributed by atoms with van der Waals surface area (Å²) in [5.41, 5.74) is 1.64. The molecule has 94 valence electrons. The largest absolute Gasteiger partial charge is 0.494 e. The maximum absolute atomic E-state index is 10.7. The number of aryl methyl sites for hydroxylation is 1. The molecule has 18 heavy (non-hydrogen) atoms. The second-order valence-electron chi connectivity index (χ2n) is 3.57. The highest BCUT2D eigenvalue weighted by Gasteiger charge is 2.14. The van der Waals surface area contributed by atoms with Gasteiger partial charge in [-0.2, -0.15) is 0 Å². The van der Waals surface area contributed by atoms with Crippen molar-refractivity contribution in [1.29, 1.82) is 0 Å². The third-order valence-electron chi connectivity index (χ3n) is 2.47. The average Bonchev–Trinajstić information content (AvgIpc) is 2.87. The minimum atomic E-state index is -1.22. The highest BCUT2D eigenvalue weighted by atomic mass is 16.5. The smallest absolute Gasteiger partial charge is 0.377 e. The van der Waals surface area contributed by atoms with Crippen LogP contribution in [-0.4, -0.2) is 38.4 Å². The van der Waals surface area contributed by atoms with E-state index in [-0.39, 0.29) is 5.82 Å². The normalized spacial score (nSPS) is 10.3. The fraction of sp³-hybridized carbons (Fsp3) is 0.273. The summed E-state index contributed by atoms with van der Waals surface area (Å²) < 4.78 is 5.19. The van der Waals surface area contributed by atoms with Crippen LogP contribution in [-0.2, 0) is 6.42 Å². The Morgan fingerprint density at radius 3 is 2.83 bits per heavy atom. The van der Waals surface area contributed by atoms with Gasteiger partial charge >= 0.3 is 5.97 Å². The summed E-state index contributed by atoms with van der Waals surface area (Å²) in [5, 5.41) is 19.7. The standard InChI is InChI=1S/C11H12N4O3/c1-3-7-4-5-9(18-2)8(6-7)15-13-10(11(16)17)12-14-15/h4-6H,3H2,1-2H3,(H,16,17). The van der Waals surface area contributed by atoms with Crippen LogP contribution < -0.4 is 4.74 Å². The Morgan fingerprint density at radius 1 is 1.50 bits per heavy atom. The maximum Gasteiger partial charge on any atom is 0.377 e. The van der Waals surface area contributed by atoms with Crippen molar-refractivity contribution in [2.24, 2.45) is 0 Å². The SMILES string of the molecule is CCc1ccc(OC)c(-n2nnc(C(=O)O)n2)c1. The molecule has 0 radical (unpaired) electrons. The number of benzene rings is 1. The van der Waals surface area contributed by atoms with Gasteiger partial charge in [0.25, 0.3) is 5.82 Å². The van der Waals surface area contributed by atoms with Gasteiger partial charge in [0, 0.05) is 0 Å². The zero-order valence-corrected chi connectivity index (χ0v) is 9.99. The number of carboxylic acids is 1. The molecule has 0 atom stereocenters. The lowest BCUT2D eigenvalue weighted by molar-refractivity contribution is 0.0683.